The average molecular weight is 404 g/mol. The number of ether oxygens (including phenoxy) is 1. The van der Waals surface area contributed by atoms with Gasteiger partial charge in [-0.25, -0.2) is 4.79 Å². The molecule has 3 N–H and O–H groups in total. The van der Waals surface area contributed by atoms with Crippen LogP contribution in [0.15, 0.2) is 30.3 Å². The fraction of sp³-hybridized carbons (Fsp3) is 0.636. The van der Waals surface area contributed by atoms with Gasteiger partial charge < -0.3 is 25.4 Å². The summed E-state index contributed by atoms with van der Waals surface area (Å²) in [6.45, 7) is 5.68. The van der Waals surface area contributed by atoms with Gasteiger partial charge in [0, 0.05) is 32.7 Å². The molecule has 0 spiro atoms. The molecule has 1 aromatic carbocycles. The first kappa shape index (κ1) is 21.6. The van der Waals surface area contributed by atoms with Crippen LogP contribution in [0.1, 0.15) is 31.2 Å². The Morgan fingerprint density at radius 2 is 1.76 bits per heavy atom. The van der Waals surface area contributed by atoms with Gasteiger partial charge in [0.1, 0.15) is 6.04 Å². The average Bonchev–Trinajstić information content (AvgIpc) is 2.74. The third-order valence-electron chi connectivity index (χ3n) is 6.03. The van der Waals surface area contributed by atoms with E-state index in [0.717, 1.165) is 70.0 Å². The summed E-state index contributed by atoms with van der Waals surface area (Å²) in [5.74, 6) is 0.953. The number of benzene rings is 1. The minimum absolute atomic E-state index is 0.249. The number of piperidine rings is 1. The van der Waals surface area contributed by atoms with Gasteiger partial charge in [-0.1, -0.05) is 30.3 Å². The van der Waals surface area contributed by atoms with E-state index in [1.54, 1.807) is 0 Å². The van der Waals surface area contributed by atoms with Crippen molar-refractivity contribution in [3.8, 4) is 0 Å². The van der Waals surface area contributed by atoms with Crippen LogP contribution < -0.4 is 10.6 Å². The SMILES string of the molecule is O=C(O)N[C@H](Cc1ccccc1)C(=O)NCC1CCN(CC2CCOCC2)CC1. The van der Waals surface area contributed by atoms with Crippen LogP contribution in [0.4, 0.5) is 4.79 Å². The predicted molar refractivity (Wildman–Crippen MR) is 111 cm³/mol. The lowest BCUT2D eigenvalue weighted by Crippen LogP contribution is -2.49. The third-order valence-corrected chi connectivity index (χ3v) is 6.03. The minimum atomic E-state index is -1.18. The first-order chi connectivity index (χ1) is 14.1. The number of hydrogen-bond acceptors (Lipinski definition) is 4. The summed E-state index contributed by atoms with van der Waals surface area (Å²) in [5, 5.41) is 14.4. The Kier molecular flexibility index (Phi) is 8.31. The number of nitrogens with one attached hydrogen (secondary N) is 2. The fourth-order valence-corrected chi connectivity index (χ4v) is 4.24. The van der Waals surface area contributed by atoms with Crippen molar-refractivity contribution in [3.63, 3.8) is 0 Å². The molecule has 0 unspecified atom stereocenters. The Morgan fingerprint density at radius 3 is 2.41 bits per heavy atom. The number of nitrogens with zero attached hydrogens (tertiary/aromatic N) is 1. The number of hydrogen-bond donors (Lipinski definition) is 3. The van der Waals surface area contributed by atoms with Gasteiger partial charge in [0.25, 0.3) is 0 Å². The van der Waals surface area contributed by atoms with E-state index in [4.69, 9.17) is 9.84 Å². The minimum Gasteiger partial charge on any atom is -0.465 e. The summed E-state index contributed by atoms with van der Waals surface area (Å²) in [5.41, 5.74) is 0.933. The molecule has 0 aliphatic carbocycles. The number of carbonyl (C=O) groups is 2. The zero-order valence-corrected chi connectivity index (χ0v) is 17.0. The quantitative estimate of drug-likeness (QED) is 0.619. The molecule has 29 heavy (non-hydrogen) atoms. The standard InChI is InChI=1S/C22H33N3O4/c26-21(20(24-22(27)28)14-17-4-2-1-3-5-17)23-15-18-6-10-25(11-7-18)16-19-8-12-29-13-9-19/h1-5,18-20,24H,6-16H2,(H,23,26)(H,27,28)/t20-/m1/s1. The summed E-state index contributed by atoms with van der Waals surface area (Å²) in [7, 11) is 0. The molecule has 0 aromatic heterocycles. The Labute approximate surface area is 172 Å². The monoisotopic (exact) mass is 403 g/mol. The fourth-order valence-electron chi connectivity index (χ4n) is 4.24. The van der Waals surface area contributed by atoms with Crippen LogP contribution in [-0.2, 0) is 16.0 Å². The summed E-state index contributed by atoms with van der Waals surface area (Å²) in [6.07, 6.45) is 3.63. The van der Waals surface area contributed by atoms with Gasteiger partial charge in [-0.2, -0.15) is 0 Å². The van der Waals surface area contributed by atoms with Gasteiger partial charge in [-0.05, 0) is 56.2 Å². The Balaban J connectivity index is 1.40. The van der Waals surface area contributed by atoms with Crippen LogP contribution in [0.2, 0.25) is 0 Å². The van der Waals surface area contributed by atoms with Crippen LogP contribution in [0.3, 0.4) is 0 Å². The van der Waals surface area contributed by atoms with Crippen LogP contribution in [-0.4, -0.2) is 67.4 Å². The van der Waals surface area contributed by atoms with E-state index in [2.05, 4.69) is 15.5 Å². The van der Waals surface area contributed by atoms with Crippen molar-refractivity contribution < 1.29 is 19.4 Å². The molecule has 1 aromatic rings. The molecule has 0 bridgehead atoms. The maximum absolute atomic E-state index is 12.6. The molecule has 2 aliphatic heterocycles. The van der Waals surface area contributed by atoms with E-state index >= 15 is 0 Å². The van der Waals surface area contributed by atoms with Crippen molar-refractivity contribution >= 4 is 12.0 Å². The van der Waals surface area contributed by atoms with Crippen molar-refractivity contribution in [2.24, 2.45) is 11.8 Å². The molecular weight excluding hydrogens is 370 g/mol. The number of rotatable bonds is 8. The third kappa shape index (κ3) is 7.33. The molecular formula is C22H33N3O4. The van der Waals surface area contributed by atoms with E-state index in [0.29, 0.717) is 18.9 Å². The Bertz CT molecular complexity index is 641. The maximum atomic E-state index is 12.6. The van der Waals surface area contributed by atoms with Crippen LogP contribution >= 0.6 is 0 Å². The summed E-state index contributed by atoms with van der Waals surface area (Å²) in [6, 6.07) is 8.70. The van der Waals surface area contributed by atoms with Crippen molar-refractivity contribution in [1.82, 2.24) is 15.5 Å². The zero-order chi connectivity index (χ0) is 20.5. The summed E-state index contributed by atoms with van der Waals surface area (Å²) < 4.78 is 5.44. The van der Waals surface area contributed by atoms with E-state index in [9.17, 15) is 9.59 Å². The topological polar surface area (TPSA) is 90.9 Å². The van der Waals surface area contributed by atoms with E-state index in [-0.39, 0.29) is 5.91 Å². The lowest BCUT2D eigenvalue weighted by molar-refractivity contribution is -0.123. The highest BCUT2D eigenvalue weighted by molar-refractivity contribution is 5.85. The molecule has 160 valence electrons. The Morgan fingerprint density at radius 1 is 1.07 bits per heavy atom. The second-order valence-electron chi connectivity index (χ2n) is 8.24. The summed E-state index contributed by atoms with van der Waals surface area (Å²) in [4.78, 5) is 26.2. The molecule has 0 saturated carbocycles. The highest BCUT2D eigenvalue weighted by atomic mass is 16.5. The van der Waals surface area contributed by atoms with E-state index < -0.39 is 12.1 Å². The molecule has 2 fully saturated rings. The number of carboxylic acid groups (broad SMARTS) is 1. The van der Waals surface area contributed by atoms with Crippen molar-refractivity contribution in [3.05, 3.63) is 35.9 Å². The van der Waals surface area contributed by atoms with Crippen molar-refractivity contribution in [1.29, 1.82) is 0 Å². The Hall–Kier alpha value is -2.12. The molecule has 2 amide bonds. The largest absolute Gasteiger partial charge is 0.465 e. The molecule has 2 saturated heterocycles. The normalized spacial score (nSPS) is 20.1. The van der Waals surface area contributed by atoms with Gasteiger partial charge in [-0.3, -0.25) is 4.79 Å². The first-order valence-electron chi connectivity index (χ1n) is 10.7. The van der Waals surface area contributed by atoms with E-state index in [1.807, 2.05) is 30.3 Å². The summed E-state index contributed by atoms with van der Waals surface area (Å²) >= 11 is 0. The van der Waals surface area contributed by atoms with Crippen LogP contribution in [0.5, 0.6) is 0 Å². The van der Waals surface area contributed by atoms with Gasteiger partial charge >= 0.3 is 6.09 Å². The van der Waals surface area contributed by atoms with Gasteiger partial charge in [0.15, 0.2) is 0 Å². The molecule has 0 radical (unpaired) electrons. The van der Waals surface area contributed by atoms with Gasteiger partial charge in [0.05, 0.1) is 0 Å². The van der Waals surface area contributed by atoms with Crippen LogP contribution in [0, 0.1) is 11.8 Å². The second kappa shape index (κ2) is 11.2. The number of likely N-dealkylation sites (tertiary alicyclic amines) is 1. The molecule has 2 heterocycles. The van der Waals surface area contributed by atoms with Gasteiger partial charge in [0.2, 0.25) is 5.91 Å². The second-order valence-corrected chi connectivity index (χ2v) is 8.24. The molecule has 1 atom stereocenters. The van der Waals surface area contributed by atoms with Gasteiger partial charge in [-0.15, -0.1) is 0 Å². The highest BCUT2D eigenvalue weighted by Gasteiger charge is 2.25. The van der Waals surface area contributed by atoms with Crippen LogP contribution in [0.25, 0.3) is 0 Å². The molecule has 3 rings (SSSR count). The maximum Gasteiger partial charge on any atom is 0.405 e. The molecule has 7 nitrogen and oxygen atoms in total. The highest BCUT2D eigenvalue weighted by Crippen LogP contribution is 2.21. The van der Waals surface area contributed by atoms with Crippen molar-refractivity contribution in [2.75, 3.05) is 39.4 Å². The first-order valence-corrected chi connectivity index (χ1v) is 10.7. The smallest absolute Gasteiger partial charge is 0.405 e. The lowest BCUT2D eigenvalue weighted by atomic mass is 9.94. The lowest BCUT2D eigenvalue weighted by Gasteiger charge is -2.35. The molecule has 2 aliphatic rings. The van der Waals surface area contributed by atoms with Crippen molar-refractivity contribution in [2.45, 2.75) is 38.1 Å². The zero-order valence-electron chi connectivity index (χ0n) is 17.0. The number of amides is 2. The number of carbonyl (C=O) groups excluding carboxylic acids is 1. The van der Waals surface area contributed by atoms with E-state index in [1.165, 1.54) is 0 Å². The molecule has 7 heteroatoms. The predicted octanol–water partition coefficient (Wildman–Crippen LogP) is 2.12.